The third-order valence-electron chi connectivity index (χ3n) is 5.50. The zero-order chi connectivity index (χ0) is 27.1. The van der Waals surface area contributed by atoms with Crippen LogP contribution in [0.3, 0.4) is 0 Å². The molecule has 0 aliphatic carbocycles. The van der Waals surface area contributed by atoms with Crippen LogP contribution in [-0.4, -0.2) is 39.7 Å². The van der Waals surface area contributed by atoms with Crippen LogP contribution in [0.2, 0.25) is 0 Å². The van der Waals surface area contributed by atoms with Crippen molar-refractivity contribution in [2.45, 2.75) is 11.5 Å². The molecule has 0 aliphatic rings. The maximum absolute atomic E-state index is 14.5. The molecule has 0 amide bonds. The molecule has 0 aliphatic heterocycles. The largest absolute Gasteiger partial charge is 0.493 e. The van der Waals surface area contributed by atoms with Crippen molar-refractivity contribution in [3.63, 3.8) is 0 Å². The monoisotopic (exact) mass is 538 g/mol. The molecule has 3 aromatic carbocycles. The zero-order valence-corrected chi connectivity index (χ0v) is 21.9. The second kappa shape index (κ2) is 11.8. The van der Waals surface area contributed by atoms with E-state index in [4.69, 9.17) is 14.2 Å². The maximum atomic E-state index is 14.5. The lowest BCUT2D eigenvalue weighted by molar-refractivity contribution is 0.324. The summed E-state index contributed by atoms with van der Waals surface area (Å²) in [4.78, 5) is 8.23. The van der Waals surface area contributed by atoms with Gasteiger partial charge in [-0.3, -0.25) is 0 Å². The van der Waals surface area contributed by atoms with Gasteiger partial charge in [-0.2, -0.15) is 4.98 Å². The van der Waals surface area contributed by atoms with E-state index in [-0.39, 0.29) is 23.3 Å². The first kappa shape index (κ1) is 26.7. The Morgan fingerprint density at radius 2 is 1.39 bits per heavy atom. The summed E-state index contributed by atoms with van der Waals surface area (Å²) in [6, 6.07) is 19.1. The number of rotatable bonds is 11. The van der Waals surface area contributed by atoms with Crippen molar-refractivity contribution in [2.75, 3.05) is 32.0 Å². The number of benzene rings is 3. The lowest BCUT2D eigenvalue weighted by Gasteiger charge is -2.15. The summed E-state index contributed by atoms with van der Waals surface area (Å²) in [5.41, 5.74) is 2.43. The molecule has 0 atom stereocenters. The number of ether oxygens (including phenoxy) is 3. The predicted octanol–water partition coefficient (Wildman–Crippen LogP) is 5.24. The minimum absolute atomic E-state index is 0.0400. The van der Waals surface area contributed by atoms with Crippen LogP contribution in [0.1, 0.15) is 11.1 Å². The summed E-state index contributed by atoms with van der Waals surface area (Å²) in [6.07, 6.45) is 1.04. The van der Waals surface area contributed by atoms with Crippen molar-refractivity contribution in [1.82, 2.24) is 9.97 Å². The van der Waals surface area contributed by atoms with Gasteiger partial charge in [-0.15, -0.1) is 0 Å². The molecule has 1 aromatic heterocycles. The van der Waals surface area contributed by atoms with Gasteiger partial charge in [0, 0.05) is 23.5 Å². The van der Waals surface area contributed by atoms with Crippen LogP contribution in [0, 0.1) is 5.82 Å². The summed E-state index contributed by atoms with van der Waals surface area (Å²) in [6.45, 7) is 0. The second-order valence-corrected chi connectivity index (χ2v) is 10.3. The lowest BCUT2D eigenvalue weighted by atomic mass is 10.2. The van der Waals surface area contributed by atoms with Crippen LogP contribution in [0.5, 0.6) is 17.2 Å². The fraction of sp³-hybridized carbons (Fsp3) is 0.185. The average molecular weight is 539 g/mol. The predicted molar refractivity (Wildman–Crippen MR) is 144 cm³/mol. The van der Waals surface area contributed by atoms with E-state index >= 15 is 0 Å². The molecule has 38 heavy (non-hydrogen) atoms. The molecule has 1 heterocycles. The number of halogens is 1. The number of aromatic nitrogens is 2. The Hall–Kier alpha value is -4.38. The van der Waals surface area contributed by atoms with Crippen LogP contribution < -0.4 is 24.8 Å². The Morgan fingerprint density at radius 3 is 1.97 bits per heavy atom. The highest BCUT2D eigenvalue weighted by molar-refractivity contribution is 7.89. The van der Waals surface area contributed by atoms with Crippen molar-refractivity contribution in [3.8, 4) is 17.2 Å². The summed E-state index contributed by atoms with van der Waals surface area (Å²) in [5.74, 6) is 0.566. The summed E-state index contributed by atoms with van der Waals surface area (Å²) in [5, 5.41) is 5.91. The van der Waals surface area contributed by atoms with Gasteiger partial charge in [0.15, 0.2) is 33.0 Å². The van der Waals surface area contributed by atoms with E-state index in [0.717, 1.165) is 11.8 Å². The molecule has 4 aromatic rings. The third-order valence-corrected chi connectivity index (χ3v) is 7.04. The minimum atomic E-state index is -3.35. The number of nitrogens with one attached hydrogen (secondary N) is 2. The standard InChI is InChI=1S/C27H27FN4O5S/c1-35-23-13-21(14-24(36-2)25(23)37-3)31-27-29-15-22(28)26(32-27)30-20-11-9-19(10-12-20)17-38(33,34)16-18-7-5-4-6-8-18/h4-15H,16-17H2,1-3H3,(H2,29,30,31,32). The quantitative estimate of drug-likeness (QED) is 0.265. The highest BCUT2D eigenvalue weighted by Crippen LogP contribution is 2.40. The van der Waals surface area contributed by atoms with E-state index < -0.39 is 15.7 Å². The summed E-state index contributed by atoms with van der Waals surface area (Å²) >= 11 is 0. The topological polar surface area (TPSA) is 112 Å². The Kier molecular flexibility index (Phi) is 8.27. The number of hydrogen-bond donors (Lipinski definition) is 2. The van der Waals surface area contributed by atoms with E-state index in [1.807, 2.05) is 18.2 Å². The minimum Gasteiger partial charge on any atom is -0.493 e. The number of nitrogens with zero attached hydrogens (tertiary/aromatic N) is 2. The molecule has 0 saturated carbocycles. The first-order valence-electron chi connectivity index (χ1n) is 11.5. The molecular weight excluding hydrogens is 511 g/mol. The van der Waals surface area contributed by atoms with Gasteiger partial charge in [0.05, 0.1) is 39.0 Å². The number of hydrogen-bond acceptors (Lipinski definition) is 9. The van der Waals surface area contributed by atoms with Gasteiger partial charge in [0.2, 0.25) is 11.7 Å². The Bertz CT molecular complexity index is 1480. The smallest absolute Gasteiger partial charge is 0.229 e. The van der Waals surface area contributed by atoms with Gasteiger partial charge >= 0.3 is 0 Å². The van der Waals surface area contributed by atoms with Crippen LogP contribution in [0.25, 0.3) is 0 Å². The van der Waals surface area contributed by atoms with Gasteiger partial charge in [-0.05, 0) is 23.3 Å². The molecule has 198 valence electrons. The molecule has 0 bridgehead atoms. The molecule has 0 saturated heterocycles. The van der Waals surface area contributed by atoms with E-state index in [0.29, 0.717) is 34.2 Å². The first-order chi connectivity index (χ1) is 18.3. The second-order valence-electron chi connectivity index (χ2n) is 8.27. The number of anilines is 4. The van der Waals surface area contributed by atoms with Crippen LogP contribution in [0.4, 0.5) is 27.5 Å². The summed E-state index contributed by atoms with van der Waals surface area (Å²) < 4.78 is 55.7. The zero-order valence-electron chi connectivity index (χ0n) is 21.1. The highest BCUT2D eigenvalue weighted by atomic mass is 32.2. The van der Waals surface area contributed by atoms with E-state index in [1.165, 1.54) is 21.3 Å². The third kappa shape index (κ3) is 6.68. The molecule has 0 unspecified atom stereocenters. The maximum Gasteiger partial charge on any atom is 0.229 e. The van der Waals surface area contributed by atoms with E-state index in [2.05, 4.69) is 20.6 Å². The fourth-order valence-electron chi connectivity index (χ4n) is 3.75. The lowest BCUT2D eigenvalue weighted by Crippen LogP contribution is -2.08. The number of methoxy groups -OCH3 is 3. The van der Waals surface area contributed by atoms with E-state index in [9.17, 15) is 12.8 Å². The highest BCUT2D eigenvalue weighted by Gasteiger charge is 2.16. The Morgan fingerprint density at radius 1 is 0.789 bits per heavy atom. The van der Waals surface area contributed by atoms with Gasteiger partial charge in [-0.1, -0.05) is 42.5 Å². The van der Waals surface area contributed by atoms with Crippen LogP contribution >= 0.6 is 0 Å². The van der Waals surface area contributed by atoms with Crippen molar-refractivity contribution in [1.29, 1.82) is 0 Å². The number of sulfone groups is 1. The SMILES string of the molecule is COc1cc(Nc2ncc(F)c(Nc3ccc(CS(=O)(=O)Cc4ccccc4)cc3)n2)cc(OC)c1OC. The molecular formula is C27H27FN4O5S. The molecule has 9 nitrogen and oxygen atoms in total. The Balaban J connectivity index is 1.46. The van der Waals surface area contributed by atoms with Crippen molar-refractivity contribution < 1.29 is 27.0 Å². The summed E-state index contributed by atoms with van der Waals surface area (Å²) in [7, 11) is 1.16. The molecule has 0 radical (unpaired) electrons. The first-order valence-corrected chi connectivity index (χ1v) is 13.3. The van der Waals surface area contributed by atoms with E-state index in [1.54, 1.807) is 48.5 Å². The molecule has 0 spiro atoms. The molecule has 4 rings (SSSR count). The van der Waals surface area contributed by atoms with Gasteiger partial charge in [-0.25, -0.2) is 17.8 Å². The Labute approximate surface area is 220 Å². The fourth-order valence-corrected chi connectivity index (χ4v) is 5.25. The molecule has 0 fully saturated rings. The normalized spacial score (nSPS) is 11.1. The molecule has 2 N–H and O–H groups in total. The van der Waals surface area contributed by atoms with Crippen molar-refractivity contribution >= 4 is 33.0 Å². The van der Waals surface area contributed by atoms with Crippen LogP contribution in [-0.2, 0) is 21.3 Å². The van der Waals surface area contributed by atoms with Gasteiger partial charge < -0.3 is 24.8 Å². The van der Waals surface area contributed by atoms with Crippen LogP contribution in [0.15, 0.2) is 72.9 Å². The van der Waals surface area contributed by atoms with Crippen molar-refractivity contribution in [3.05, 3.63) is 89.9 Å². The van der Waals surface area contributed by atoms with Gasteiger partial charge in [0.1, 0.15) is 0 Å². The van der Waals surface area contributed by atoms with Crippen molar-refractivity contribution in [2.24, 2.45) is 0 Å². The van der Waals surface area contributed by atoms with Gasteiger partial charge in [0.25, 0.3) is 0 Å². The molecule has 11 heteroatoms. The average Bonchev–Trinajstić information content (AvgIpc) is 2.91.